The number of aliphatic carboxylic acids is 1. The first-order chi connectivity index (χ1) is 34.6. The van der Waals surface area contributed by atoms with Gasteiger partial charge in [-0.15, -0.1) is 0 Å². The third-order valence-corrected chi connectivity index (χ3v) is 13.8. The molecule has 0 spiro atoms. The van der Waals surface area contributed by atoms with Gasteiger partial charge in [-0.2, -0.15) is 0 Å². The van der Waals surface area contributed by atoms with Crippen molar-refractivity contribution in [3.05, 3.63) is 12.2 Å². The molecule has 1 rings (SSSR count). The highest BCUT2D eigenvalue weighted by Gasteiger charge is 2.50. The SMILES string of the molecule is CCCCCCCC/C=C\CCCCCCCCCCCC(=O)OCC(COC1OC(C(=O)O)C(O)C(O)C1OC(=O)CCCCCCCCCCC)OC(=O)CCCCCCCCCCCCCCC. The number of unbranched alkanes of at least 4 members (excludes halogenated alkanes) is 35. The lowest BCUT2D eigenvalue weighted by atomic mass is 9.98. The summed E-state index contributed by atoms with van der Waals surface area (Å²) in [6.07, 6.45) is 40.6. The highest BCUT2D eigenvalue weighted by atomic mass is 16.7. The first-order valence-electron chi connectivity index (χ1n) is 29.7. The number of carbonyl (C=O) groups excluding carboxylic acids is 3. The Balaban J connectivity index is 2.63. The maximum atomic E-state index is 13.1. The van der Waals surface area contributed by atoms with Gasteiger partial charge in [-0.25, -0.2) is 4.79 Å². The predicted molar refractivity (Wildman–Crippen MR) is 285 cm³/mol. The summed E-state index contributed by atoms with van der Waals surface area (Å²) in [5.74, 6) is -3.09. The minimum Gasteiger partial charge on any atom is -0.479 e. The van der Waals surface area contributed by atoms with E-state index >= 15 is 0 Å². The van der Waals surface area contributed by atoms with Crippen molar-refractivity contribution in [3.63, 3.8) is 0 Å². The maximum absolute atomic E-state index is 13.1. The van der Waals surface area contributed by atoms with Crippen molar-refractivity contribution in [2.45, 2.75) is 327 Å². The second kappa shape index (κ2) is 48.4. The number of rotatable bonds is 51. The zero-order valence-electron chi connectivity index (χ0n) is 45.7. The molecule has 416 valence electrons. The average molecular weight is 1010 g/mol. The van der Waals surface area contributed by atoms with Crippen LogP contribution >= 0.6 is 0 Å². The molecule has 1 fully saturated rings. The van der Waals surface area contributed by atoms with Crippen molar-refractivity contribution in [2.75, 3.05) is 13.2 Å². The number of carboxylic acid groups (broad SMARTS) is 1. The summed E-state index contributed by atoms with van der Waals surface area (Å²) in [4.78, 5) is 51.0. The molecule has 0 amide bonds. The van der Waals surface area contributed by atoms with Gasteiger partial charge in [0.25, 0.3) is 0 Å². The highest BCUT2D eigenvalue weighted by Crippen LogP contribution is 2.27. The number of carbonyl (C=O) groups is 4. The Labute approximate surface area is 433 Å². The van der Waals surface area contributed by atoms with E-state index in [4.69, 9.17) is 23.7 Å². The Kier molecular flexibility index (Phi) is 45.3. The molecule has 12 nitrogen and oxygen atoms in total. The first kappa shape index (κ1) is 66.5. The van der Waals surface area contributed by atoms with Gasteiger partial charge in [0.15, 0.2) is 24.6 Å². The summed E-state index contributed by atoms with van der Waals surface area (Å²) in [5, 5.41) is 31.4. The predicted octanol–water partition coefficient (Wildman–Crippen LogP) is 14.9. The van der Waals surface area contributed by atoms with Gasteiger partial charge in [0.05, 0.1) is 6.61 Å². The summed E-state index contributed by atoms with van der Waals surface area (Å²) in [6, 6.07) is 0. The lowest BCUT2D eigenvalue weighted by Gasteiger charge is -2.40. The number of aliphatic hydroxyl groups is 2. The smallest absolute Gasteiger partial charge is 0.335 e. The van der Waals surface area contributed by atoms with Gasteiger partial charge in [0.2, 0.25) is 0 Å². The van der Waals surface area contributed by atoms with Gasteiger partial charge in [0, 0.05) is 19.3 Å². The fraction of sp³-hybridized carbons (Fsp3) is 0.898. The van der Waals surface area contributed by atoms with E-state index in [0.717, 1.165) is 64.2 Å². The van der Waals surface area contributed by atoms with Crippen LogP contribution in [-0.4, -0.2) is 89.2 Å². The molecule has 1 aliphatic heterocycles. The first-order valence-corrected chi connectivity index (χ1v) is 29.7. The maximum Gasteiger partial charge on any atom is 0.335 e. The number of allylic oxidation sites excluding steroid dienone is 2. The standard InChI is InChI=1S/C59H108O12/c1-4-7-10-13-16-19-21-23-24-25-26-27-28-30-31-34-36-39-42-45-51(60)67-48-50(69-52(61)46-43-40-38-35-32-29-22-20-17-14-11-8-5-2)49-68-59-57(55(64)54(63)56(71-59)58(65)66)70-53(62)47-44-41-37-33-18-15-12-9-6-3/h23-24,50,54-57,59,63-64H,4-22,25-49H2,1-3H3,(H,65,66)/b24-23-. The molecule has 1 heterocycles. The minimum atomic E-state index is -1.89. The molecule has 12 heteroatoms. The molecule has 6 atom stereocenters. The van der Waals surface area contributed by atoms with Gasteiger partial charge in [-0.3, -0.25) is 14.4 Å². The Morgan fingerprint density at radius 3 is 1.20 bits per heavy atom. The van der Waals surface area contributed by atoms with Crippen LogP contribution in [-0.2, 0) is 42.9 Å². The van der Waals surface area contributed by atoms with E-state index in [1.54, 1.807) is 0 Å². The molecule has 6 unspecified atom stereocenters. The number of aliphatic hydroxyl groups excluding tert-OH is 2. The second-order valence-corrected chi connectivity index (χ2v) is 20.6. The summed E-state index contributed by atoms with van der Waals surface area (Å²) < 4.78 is 28.4. The van der Waals surface area contributed by atoms with Crippen molar-refractivity contribution < 1.29 is 58.2 Å². The van der Waals surface area contributed by atoms with Crippen molar-refractivity contribution in [2.24, 2.45) is 0 Å². The zero-order valence-corrected chi connectivity index (χ0v) is 45.7. The quantitative estimate of drug-likeness (QED) is 0.0228. The third-order valence-electron chi connectivity index (χ3n) is 13.8. The fourth-order valence-corrected chi connectivity index (χ4v) is 9.25. The number of ether oxygens (including phenoxy) is 5. The van der Waals surface area contributed by atoms with Gasteiger partial charge < -0.3 is 39.0 Å². The van der Waals surface area contributed by atoms with E-state index in [0.29, 0.717) is 19.3 Å². The molecule has 1 saturated heterocycles. The second-order valence-electron chi connectivity index (χ2n) is 20.6. The van der Waals surface area contributed by atoms with Gasteiger partial charge in [-0.1, -0.05) is 238 Å². The largest absolute Gasteiger partial charge is 0.479 e. The Morgan fingerprint density at radius 2 is 0.803 bits per heavy atom. The van der Waals surface area contributed by atoms with Crippen molar-refractivity contribution in [1.82, 2.24) is 0 Å². The van der Waals surface area contributed by atoms with E-state index < -0.39 is 67.3 Å². The summed E-state index contributed by atoms with van der Waals surface area (Å²) in [5.41, 5.74) is 0. The number of hydrogen-bond acceptors (Lipinski definition) is 11. The van der Waals surface area contributed by atoms with Gasteiger partial charge >= 0.3 is 23.9 Å². The van der Waals surface area contributed by atoms with Crippen LogP contribution in [0.25, 0.3) is 0 Å². The molecule has 0 bridgehead atoms. The van der Waals surface area contributed by atoms with Gasteiger partial charge in [0.1, 0.15) is 18.8 Å². The van der Waals surface area contributed by atoms with Gasteiger partial charge in [-0.05, 0) is 44.9 Å². The van der Waals surface area contributed by atoms with Crippen LogP contribution in [0.1, 0.15) is 290 Å². The van der Waals surface area contributed by atoms with Crippen LogP contribution in [0.3, 0.4) is 0 Å². The number of esters is 3. The number of hydrogen-bond donors (Lipinski definition) is 3. The molecule has 0 saturated carbocycles. The van der Waals surface area contributed by atoms with E-state index in [2.05, 4.69) is 32.9 Å². The fourth-order valence-electron chi connectivity index (χ4n) is 9.25. The van der Waals surface area contributed by atoms with Crippen LogP contribution in [0.4, 0.5) is 0 Å². The number of carboxylic acids is 1. The lowest BCUT2D eigenvalue weighted by Crippen LogP contribution is -2.61. The van der Waals surface area contributed by atoms with Crippen molar-refractivity contribution >= 4 is 23.9 Å². The molecular formula is C59H108O12. The van der Waals surface area contributed by atoms with E-state index in [1.807, 2.05) is 0 Å². The molecule has 0 aromatic carbocycles. The molecule has 0 aromatic heterocycles. The molecule has 71 heavy (non-hydrogen) atoms. The Hall–Kier alpha value is -2.54. The zero-order chi connectivity index (χ0) is 51.8. The average Bonchev–Trinajstić information content (AvgIpc) is 3.35. The summed E-state index contributed by atoms with van der Waals surface area (Å²) in [7, 11) is 0. The van der Waals surface area contributed by atoms with Crippen LogP contribution in [0.5, 0.6) is 0 Å². The van der Waals surface area contributed by atoms with Crippen molar-refractivity contribution in [1.29, 1.82) is 0 Å². The molecule has 1 aliphatic rings. The minimum absolute atomic E-state index is 0.0668. The van der Waals surface area contributed by atoms with Crippen LogP contribution in [0, 0.1) is 0 Å². The third kappa shape index (κ3) is 38.7. The molecular weight excluding hydrogens is 901 g/mol. The van der Waals surface area contributed by atoms with Crippen molar-refractivity contribution in [3.8, 4) is 0 Å². The lowest BCUT2D eigenvalue weighted by molar-refractivity contribution is -0.301. The summed E-state index contributed by atoms with van der Waals surface area (Å²) in [6.45, 7) is 5.98. The molecule has 0 radical (unpaired) electrons. The summed E-state index contributed by atoms with van der Waals surface area (Å²) >= 11 is 0. The van der Waals surface area contributed by atoms with E-state index in [-0.39, 0.29) is 25.9 Å². The highest BCUT2D eigenvalue weighted by molar-refractivity contribution is 5.74. The Bertz CT molecular complexity index is 1290. The molecule has 0 aromatic rings. The van der Waals surface area contributed by atoms with Crippen LogP contribution in [0.2, 0.25) is 0 Å². The molecule has 3 N–H and O–H groups in total. The normalized spacial score (nSPS) is 18.5. The topological polar surface area (TPSA) is 175 Å². The Morgan fingerprint density at radius 1 is 0.451 bits per heavy atom. The van der Waals surface area contributed by atoms with E-state index in [9.17, 15) is 34.5 Å². The van der Waals surface area contributed by atoms with E-state index in [1.165, 1.54) is 167 Å². The van der Waals surface area contributed by atoms with Crippen LogP contribution in [0.15, 0.2) is 12.2 Å². The molecule has 0 aliphatic carbocycles. The van der Waals surface area contributed by atoms with Crippen LogP contribution < -0.4 is 0 Å². The monoisotopic (exact) mass is 1010 g/mol.